The number of thiol groups is 1. The van der Waals surface area contributed by atoms with Crippen molar-refractivity contribution in [1.29, 1.82) is 0 Å². The van der Waals surface area contributed by atoms with Gasteiger partial charge >= 0.3 is 0 Å². The lowest BCUT2D eigenvalue weighted by molar-refractivity contribution is 0.00147. The molecule has 0 saturated carbocycles. The molecule has 0 fully saturated rings. The fourth-order valence-electron chi connectivity index (χ4n) is 2.13. The van der Waals surface area contributed by atoms with Gasteiger partial charge in [-0.25, -0.2) is 0 Å². The van der Waals surface area contributed by atoms with Crippen LogP contribution < -0.4 is 0 Å². The minimum absolute atomic E-state index is 0.606. The zero-order valence-electron chi connectivity index (χ0n) is 15.4. The lowest BCUT2D eigenvalue weighted by Crippen LogP contribution is -2.13. The quantitative estimate of drug-likeness (QED) is 0.450. The summed E-state index contributed by atoms with van der Waals surface area (Å²) in [7, 11) is 0. The van der Waals surface area contributed by atoms with Crippen LogP contribution in [0.3, 0.4) is 0 Å². The molecule has 0 aromatic heterocycles. The molecule has 4 nitrogen and oxygen atoms in total. The molecule has 158 valence electrons. The molecule has 3 aliphatic heterocycles. The van der Waals surface area contributed by atoms with Crippen molar-refractivity contribution in [2.75, 3.05) is 70.1 Å². The summed E-state index contributed by atoms with van der Waals surface area (Å²) >= 11 is 15.7. The Hall–Kier alpha value is 1.51. The molecule has 0 aromatic rings. The molecule has 28 heavy (non-hydrogen) atoms. The number of thioether (sulfide) groups is 6. The Bertz CT molecular complexity index is 562. The molecule has 0 bridgehead atoms. The van der Waals surface area contributed by atoms with Crippen LogP contribution in [0.1, 0.15) is 0 Å². The molecule has 3 aliphatic rings. The summed E-state index contributed by atoms with van der Waals surface area (Å²) in [5, 5.41) is 2.22. The van der Waals surface area contributed by atoms with E-state index in [1.807, 2.05) is 70.6 Å². The van der Waals surface area contributed by atoms with E-state index in [0.717, 1.165) is 30.5 Å². The van der Waals surface area contributed by atoms with Crippen LogP contribution in [0, 0.1) is 0 Å². The van der Waals surface area contributed by atoms with Gasteiger partial charge < -0.3 is 18.9 Å². The minimum atomic E-state index is 0.606. The van der Waals surface area contributed by atoms with Gasteiger partial charge in [0.15, 0.2) is 0 Å². The third-order valence-electron chi connectivity index (χ3n) is 3.42. The summed E-state index contributed by atoms with van der Waals surface area (Å²) < 4.78 is 27.9. The summed E-state index contributed by atoms with van der Waals surface area (Å²) in [6.45, 7) is 5.18. The average Bonchev–Trinajstić information content (AvgIpc) is 3.34. The van der Waals surface area contributed by atoms with E-state index >= 15 is 0 Å². The van der Waals surface area contributed by atoms with E-state index in [-0.39, 0.29) is 0 Å². The van der Waals surface area contributed by atoms with Crippen LogP contribution in [-0.4, -0.2) is 70.1 Å². The maximum Gasteiger partial charge on any atom is 0.0717 e. The first-order valence-electron chi connectivity index (χ1n) is 8.92. The van der Waals surface area contributed by atoms with Crippen LogP contribution >= 0.6 is 83.2 Å². The van der Waals surface area contributed by atoms with Crippen molar-refractivity contribution < 1.29 is 18.9 Å². The molecule has 0 aliphatic carbocycles. The largest absolute Gasteiger partial charge is 0.378 e. The van der Waals surface area contributed by atoms with Crippen molar-refractivity contribution in [3.8, 4) is 0 Å². The highest BCUT2D eigenvalue weighted by Gasteiger charge is 2.27. The Morgan fingerprint density at radius 2 is 1.14 bits per heavy atom. The van der Waals surface area contributed by atoms with Gasteiger partial charge in [0.05, 0.1) is 69.8 Å². The van der Waals surface area contributed by atoms with Gasteiger partial charge in [0.1, 0.15) is 0 Å². The van der Waals surface area contributed by atoms with Crippen LogP contribution in [0.5, 0.6) is 0 Å². The molecule has 0 radical (unpaired) electrons. The Morgan fingerprint density at radius 3 is 1.61 bits per heavy atom. The van der Waals surface area contributed by atoms with Gasteiger partial charge in [0, 0.05) is 22.2 Å². The number of rotatable bonds is 1. The van der Waals surface area contributed by atoms with Gasteiger partial charge in [-0.2, -0.15) is 12.6 Å². The van der Waals surface area contributed by atoms with E-state index in [1.54, 1.807) is 0 Å². The molecule has 0 spiro atoms. The molecule has 0 saturated heterocycles. The average molecular weight is 517 g/mol. The number of hydrogen-bond donors (Lipinski definition) is 1. The second-order valence-corrected chi connectivity index (χ2v) is 13.1. The fraction of sp³-hybridized carbons (Fsp3) is 0.647. The first kappa shape index (κ1) is 24.2. The summed E-state index contributed by atoms with van der Waals surface area (Å²) in [6.07, 6.45) is 0. The lowest BCUT2D eigenvalue weighted by atomic mass is 10.7. The third kappa shape index (κ3) is 8.57. The number of ether oxygens (including phenoxy) is 4. The number of hydrogen-bond acceptors (Lipinski definition) is 11. The van der Waals surface area contributed by atoms with Gasteiger partial charge in [0.25, 0.3) is 0 Å². The fourth-order valence-corrected chi connectivity index (χ4v) is 10.7. The molecular weight excluding hydrogens is 493 g/mol. The van der Waals surface area contributed by atoms with Crippen molar-refractivity contribution in [2.45, 2.75) is 0 Å². The van der Waals surface area contributed by atoms with E-state index in [9.17, 15) is 0 Å². The van der Waals surface area contributed by atoms with Crippen molar-refractivity contribution in [3.05, 3.63) is 27.3 Å². The van der Waals surface area contributed by atoms with Gasteiger partial charge in [0.2, 0.25) is 0 Å². The molecule has 3 heterocycles. The van der Waals surface area contributed by atoms with Crippen LogP contribution in [0.4, 0.5) is 0 Å². The van der Waals surface area contributed by atoms with E-state index in [1.165, 1.54) is 21.9 Å². The van der Waals surface area contributed by atoms with Crippen molar-refractivity contribution >= 4 is 83.2 Å². The van der Waals surface area contributed by atoms with Crippen LogP contribution in [0.25, 0.3) is 0 Å². The normalized spacial score (nSPS) is 24.7. The third-order valence-corrected chi connectivity index (χ3v) is 12.4. The smallest absolute Gasteiger partial charge is 0.0717 e. The molecule has 0 atom stereocenters. The topological polar surface area (TPSA) is 36.9 Å². The van der Waals surface area contributed by atoms with E-state index in [4.69, 9.17) is 18.9 Å². The predicted octanol–water partition coefficient (Wildman–Crippen LogP) is 5.52. The highest BCUT2D eigenvalue weighted by molar-refractivity contribution is 8.42. The van der Waals surface area contributed by atoms with Crippen molar-refractivity contribution in [3.63, 3.8) is 0 Å². The van der Waals surface area contributed by atoms with Crippen molar-refractivity contribution in [1.82, 2.24) is 0 Å². The SMILES string of the molecule is SCC1=CSC(=C2SC3=C(SCCOCCOCCOCCOCCS3)S2)S1. The first-order chi connectivity index (χ1) is 13.9. The summed E-state index contributed by atoms with van der Waals surface area (Å²) in [5.74, 6) is 2.72. The maximum atomic E-state index is 5.69. The van der Waals surface area contributed by atoms with Crippen LogP contribution in [0.2, 0.25) is 0 Å². The maximum absolute atomic E-state index is 5.69. The van der Waals surface area contributed by atoms with Gasteiger partial charge in [-0.3, -0.25) is 0 Å². The predicted molar refractivity (Wildman–Crippen MR) is 135 cm³/mol. The summed E-state index contributed by atoms with van der Waals surface area (Å²) in [5.41, 5.74) is 0. The lowest BCUT2D eigenvalue weighted by Gasteiger charge is -2.09. The molecule has 0 unspecified atom stereocenters. The van der Waals surface area contributed by atoms with Crippen molar-refractivity contribution in [2.24, 2.45) is 0 Å². The van der Waals surface area contributed by atoms with Gasteiger partial charge in [-0.15, -0.1) is 23.5 Å². The highest BCUT2D eigenvalue weighted by atomic mass is 32.3. The Labute approximate surface area is 198 Å². The molecule has 0 N–H and O–H groups in total. The Morgan fingerprint density at radius 1 is 0.643 bits per heavy atom. The zero-order valence-corrected chi connectivity index (χ0v) is 21.2. The molecule has 3 rings (SSSR count). The summed E-state index contributed by atoms with van der Waals surface area (Å²) in [6, 6.07) is 0. The van der Waals surface area contributed by atoms with E-state index in [2.05, 4.69) is 18.0 Å². The van der Waals surface area contributed by atoms with E-state index < -0.39 is 0 Å². The van der Waals surface area contributed by atoms with E-state index in [0.29, 0.717) is 39.6 Å². The first-order valence-corrected chi connectivity index (χ1v) is 14.9. The molecule has 11 heteroatoms. The van der Waals surface area contributed by atoms with Gasteiger partial charge in [-0.1, -0.05) is 47.0 Å². The van der Waals surface area contributed by atoms with Crippen LogP contribution in [0.15, 0.2) is 27.3 Å². The Kier molecular flexibility index (Phi) is 12.6. The molecule has 0 aromatic carbocycles. The standard InChI is InChI=1S/C17H24O4S7/c22-11-13-12-25-16(26-13)17-27-14-15(28-17)24-10-8-21-6-4-19-2-1-18-3-5-20-7-9-23-14/h12,22H,1-11H2. The molecular formula is C17H24O4S7. The zero-order chi connectivity index (χ0) is 19.4. The Balaban J connectivity index is 1.54. The van der Waals surface area contributed by atoms with Gasteiger partial charge in [-0.05, 0) is 5.41 Å². The second-order valence-electron chi connectivity index (χ2n) is 5.46. The second kappa shape index (κ2) is 14.5. The molecule has 0 amide bonds. The monoisotopic (exact) mass is 516 g/mol. The summed E-state index contributed by atoms with van der Waals surface area (Å²) in [4.78, 5) is 1.33. The van der Waals surface area contributed by atoms with Crippen LogP contribution in [-0.2, 0) is 18.9 Å². The highest BCUT2D eigenvalue weighted by Crippen LogP contribution is 2.62. The minimum Gasteiger partial charge on any atom is -0.378 e.